The van der Waals surface area contributed by atoms with Crippen molar-refractivity contribution in [1.82, 2.24) is 10.5 Å². The first kappa shape index (κ1) is 24.4. The monoisotopic (exact) mass is 471 g/mol. The van der Waals surface area contributed by atoms with Crippen LogP contribution in [0.2, 0.25) is 0 Å². The molecule has 0 saturated carbocycles. The van der Waals surface area contributed by atoms with Crippen LogP contribution in [0.1, 0.15) is 22.6 Å². The summed E-state index contributed by atoms with van der Waals surface area (Å²) in [5.74, 6) is -1.54. The van der Waals surface area contributed by atoms with Gasteiger partial charge in [0.15, 0.2) is 23.1 Å². The summed E-state index contributed by atoms with van der Waals surface area (Å²) in [7, 11) is 1.50. The smallest absolute Gasteiger partial charge is 0.244 e. The van der Waals surface area contributed by atoms with Crippen LogP contribution >= 0.6 is 0 Å². The number of halogens is 2. The van der Waals surface area contributed by atoms with E-state index in [1.807, 2.05) is 6.92 Å². The van der Waals surface area contributed by atoms with E-state index in [4.69, 9.17) is 14.0 Å². The highest BCUT2D eigenvalue weighted by molar-refractivity contribution is 5.98. The van der Waals surface area contributed by atoms with Gasteiger partial charge in [0.05, 0.1) is 24.9 Å². The molecule has 3 rings (SSSR count). The summed E-state index contributed by atoms with van der Waals surface area (Å²) in [6.07, 6.45) is 2.80. The number of ether oxygens (including phenoxy) is 2. The van der Waals surface area contributed by atoms with Gasteiger partial charge in [-0.05, 0) is 49.8 Å². The maximum Gasteiger partial charge on any atom is 0.244 e. The summed E-state index contributed by atoms with van der Waals surface area (Å²) in [5.41, 5.74) is 2.36. The first-order chi connectivity index (χ1) is 16.3. The van der Waals surface area contributed by atoms with E-state index in [0.717, 1.165) is 23.4 Å². The summed E-state index contributed by atoms with van der Waals surface area (Å²) in [5, 5.41) is 8.67. The van der Waals surface area contributed by atoms with Crippen molar-refractivity contribution >= 4 is 23.6 Å². The maximum absolute atomic E-state index is 13.2. The Labute approximate surface area is 194 Å². The Morgan fingerprint density at radius 2 is 1.88 bits per heavy atom. The molecule has 2 amide bonds. The Bertz CT molecular complexity index is 1200. The molecule has 0 radical (unpaired) electrons. The summed E-state index contributed by atoms with van der Waals surface area (Å²) in [4.78, 5) is 23.9. The van der Waals surface area contributed by atoms with Gasteiger partial charge in [0, 0.05) is 17.8 Å². The fourth-order valence-corrected chi connectivity index (χ4v) is 2.94. The number of anilines is 1. The van der Waals surface area contributed by atoms with Gasteiger partial charge in [0.2, 0.25) is 11.8 Å². The number of nitrogens with zero attached hydrogens (tertiary/aromatic N) is 1. The molecular formula is C24H23F2N3O5. The quantitative estimate of drug-likeness (QED) is 0.459. The van der Waals surface area contributed by atoms with E-state index >= 15 is 0 Å². The van der Waals surface area contributed by atoms with Crippen LogP contribution in [-0.4, -0.2) is 30.6 Å². The highest BCUT2D eigenvalue weighted by Crippen LogP contribution is 2.30. The molecule has 178 valence electrons. The molecule has 2 N–H and O–H groups in total. The molecule has 3 aromatic rings. The van der Waals surface area contributed by atoms with Crippen LogP contribution in [0, 0.1) is 25.5 Å². The molecule has 0 atom stereocenters. The van der Waals surface area contributed by atoms with Crippen molar-refractivity contribution in [1.29, 1.82) is 0 Å². The number of benzene rings is 2. The van der Waals surface area contributed by atoms with Gasteiger partial charge in [-0.1, -0.05) is 11.2 Å². The van der Waals surface area contributed by atoms with Crippen LogP contribution in [0.15, 0.2) is 47.0 Å². The molecule has 8 nitrogen and oxygen atoms in total. The number of nitrogens with one attached hydrogen (secondary N) is 2. The van der Waals surface area contributed by atoms with E-state index in [2.05, 4.69) is 15.8 Å². The van der Waals surface area contributed by atoms with Crippen molar-refractivity contribution in [2.45, 2.75) is 20.5 Å². The molecule has 0 unspecified atom stereocenters. The number of aryl methyl sites for hydroxylation is 2. The van der Waals surface area contributed by atoms with Gasteiger partial charge in [-0.2, -0.15) is 0 Å². The first-order valence-electron chi connectivity index (χ1n) is 10.2. The van der Waals surface area contributed by atoms with E-state index in [9.17, 15) is 18.4 Å². The second kappa shape index (κ2) is 11.1. The van der Waals surface area contributed by atoms with E-state index in [1.54, 1.807) is 31.2 Å². The molecule has 0 aliphatic heterocycles. The zero-order chi connectivity index (χ0) is 24.7. The highest BCUT2D eigenvalue weighted by Gasteiger charge is 2.12. The number of carbonyl (C=O) groups is 2. The Hall–Kier alpha value is -4.21. The normalized spacial score (nSPS) is 10.9. The van der Waals surface area contributed by atoms with Crippen molar-refractivity contribution in [2.75, 3.05) is 19.0 Å². The van der Waals surface area contributed by atoms with E-state index in [1.165, 1.54) is 19.3 Å². The lowest BCUT2D eigenvalue weighted by Gasteiger charge is -2.11. The average Bonchev–Trinajstić information content (AvgIpc) is 3.14. The van der Waals surface area contributed by atoms with Gasteiger partial charge in [-0.25, -0.2) is 8.78 Å². The molecule has 0 fully saturated rings. The zero-order valence-electron chi connectivity index (χ0n) is 18.8. The third-order valence-corrected chi connectivity index (χ3v) is 4.79. The number of rotatable bonds is 9. The number of carbonyl (C=O) groups excluding carboxylic acids is 2. The van der Waals surface area contributed by atoms with Gasteiger partial charge < -0.3 is 24.6 Å². The Morgan fingerprint density at radius 3 is 2.56 bits per heavy atom. The van der Waals surface area contributed by atoms with Gasteiger partial charge in [-0.15, -0.1) is 0 Å². The summed E-state index contributed by atoms with van der Waals surface area (Å²) in [6, 6.07) is 8.11. The lowest BCUT2D eigenvalue weighted by molar-refractivity contribution is -0.121. The summed E-state index contributed by atoms with van der Waals surface area (Å²) >= 11 is 0. The third-order valence-electron chi connectivity index (χ3n) is 4.79. The van der Waals surface area contributed by atoms with Gasteiger partial charge >= 0.3 is 0 Å². The van der Waals surface area contributed by atoms with Crippen molar-refractivity contribution in [3.8, 4) is 11.5 Å². The van der Waals surface area contributed by atoms with E-state index in [0.29, 0.717) is 22.8 Å². The van der Waals surface area contributed by atoms with Gasteiger partial charge in [-0.3, -0.25) is 9.59 Å². The SMILES string of the molecule is COc1cc(/C=C/C(=O)NCC(=O)Nc2ccc(F)c(F)c2)ccc1OCc1c(C)noc1C. The minimum atomic E-state index is -1.08. The van der Waals surface area contributed by atoms with Gasteiger partial charge in [0.25, 0.3) is 0 Å². The maximum atomic E-state index is 13.2. The zero-order valence-corrected chi connectivity index (χ0v) is 18.8. The van der Waals surface area contributed by atoms with Crippen LogP contribution in [-0.2, 0) is 16.2 Å². The number of hydrogen-bond acceptors (Lipinski definition) is 6. The van der Waals surface area contributed by atoms with Crippen LogP contribution in [0.3, 0.4) is 0 Å². The summed E-state index contributed by atoms with van der Waals surface area (Å²) < 4.78 is 42.5. The van der Waals surface area contributed by atoms with Crippen molar-refractivity contribution in [3.63, 3.8) is 0 Å². The largest absolute Gasteiger partial charge is 0.493 e. The lowest BCUT2D eigenvalue weighted by Crippen LogP contribution is -2.31. The van der Waals surface area contributed by atoms with Gasteiger partial charge in [0.1, 0.15) is 12.4 Å². The van der Waals surface area contributed by atoms with Crippen LogP contribution in [0.5, 0.6) is 11.5 Å². The first-order valence-corrected chi connectivity index (χ1v) is 10.2. The predicted molar refractivity (Wildman–Crippen MR) is 120 cm³/mol. The molecule has 1 heterocycles. The second-order valence-corrected chi connectivity index (χ2v) is 7.23. The number of aromatic nitrogens is 1. The Morgan fingerprint density at radius 1 is 1.09 bits per heavy atom. The van der Waals surface area contributed by atoms with Crippen LogP contribution in [0.25, 0.3) is 6.08 Å². The highest BCUT2D eigenvalue weighted by atomic mass is 19.2. The topological polar surface area (TPSA) is 103 Å². The van der Waals surface area contributed by atoms with Crippen LogP contribution in [0.4, 0.5) is 14.5 Å². The fourth-order valence-electron chi connectivity index (χ4n) is 2.94. The average molecular weight is 471 g/mol. The molecule has 0 aliphatic carbocycles. The van der Waals surface area contributed by atoms with Crippen molar-refractivity contribution in [3.05, 3.63) is 76.7 Å². The van der Waals surface area contributed by atoms with Crippen molar-refractivity contribution < 1.29 is 32.4 Å². The standard InChI is InChI=1S/C24H23F2N3O5/c1-14-18(15(2)34-29-14)13-33-21-8-4-16(10-22(21)32-3)5-9-23(30)27-12-24(31)28-17-6-7-19(25)20(26)11-17/h4-11H,12-13H2,1-3H3,(H,27,30)(H,28,31)/b9-5+. The summed E-state index contributed by atoms with van der Waals surface area (Å²) in [6.45, 7) is 3.56. The minimum absolute atomic E-state index is 0.0810. The fraction of sp³-hybridized carbons (Fsp3) is 0.208. The molecule has 0 spiro atoms. The Balaban J connectivity index is 1.53. The number of hydrogen-bond donors (Lipinski definition) is 2. The molecule has 10 heteroatoms. The molecule has 0 bridgehead atoms. The third kappa shape index (κ3) is 6.41. The minimum Gasteiger partial charge on any atom is -0.493 e. The van der Waals surface area contributed by atoms with Crippen LogP contribution < -0.4 is 20.1 Å². The Kier molecular flexibility index (Phi) is 7.96. The molecule has 0 saturated heterocycles. The van der Waals surface area contributed by atoms with E-state index < -0.39 is 23.4 Å². The number of methoxy groups -OCH3 is 1. The van der Waals surface area contributed by atoms with E-state index in [-0.39, 0.29) is 18.8 Å². The lowest BCUT2D eigenvalue weighted by atomic mass is 10.2. The molecule has 2 aromatic carbocycles. The molecular weight excluding hydrogens is 448 g/mol. The van der Waals surface area contributed by atoms with Crippen molar-refractivity contribution in [2.24, 2.45) is 0 Å². The molecule has 34 heavy (non-hydrogen) atoms. The predicted octanol–water partition coefficient (Wildman–Crippen LogP) is 3.93. The molecule has 0 aliphatic rings. The molecule has 1 aromatic heterocycles. The number of amides is 2. The second-order valence-electron chi connectivity index (χ2n) is 7.23.